The van der Waals surface area contributed by atoms with Crippen molar-refractivity contribution in [3.63, 3.8) is 0 Å². The number of aliphatic hydroxyl groups is 1. The minimum absolute atomic E-state index is 0. The first kappa shape index (κ1) is 21.3. The molecule has 3 rings (SSSR count). The van der Waals surface area contributed by atoms with Crippen LogP contribution >= 0.6 is 12.4 Å². The minimum Gasteiger partial charge on any atom is -0.388 e. The first-order valence-corrected chi connectivity index (χ1v) is 8.98. The molecule has 0 saturated carbocycles. The van der Waals surface area contributed by atoms with Crippen LogP contribution in [0.4, 0.5) is 0 Å². The fourth-order valence-electron chi connectivity index (χ4n) is 3.40. The number of rotatable bonds is 6. The second-order valence-electron chi connectivity index (χ2n) is 7.05. The standard InChI is InChI=1S/C17H27N7O2.ClH/c1-12-14(13(2)23(3)21-12)4-7-19-16(25)15-10-24(22-20-15)11-17(26)5-8-18-9-6-17;/h10,18,26H,4-9,11H2,1-3H3,(H,19,25);1H. The zero-order valence-corrected chi connectivity index (χ0v) is 16.8. The van der Waals surface area contributed by atoms with E-state index in [9.17, 15) is 9.90 Å². The number of carbonyl (C=O) groups excluding carboxylic acids is 1. The number of nitrogens with zero attached hydrogens (tertiary/aromatic N) is 5. The predicted octanol–water partition coefficient (Wildman–Crippen LogP) is 0.137. The van der Waals surface area contributed by atoms with E-state index in [0.717, 1.165) is 36.5 Å². The third-order valence-electron chi connectivity index (χ3n) is 5.08. The molecular formula is C17H28ClN7O2. The molecule has 0 aromatic carbocycles. The summed E-state index contributed by atoms with van der Waals surface area (Å²) in [5, 5.41) is 29.0. The molecule has 3 N–H and O–H groups in total. The molecule has 150 valence electrons. The maximum absolute atomic E-state index is 12.3. The molecule has 2 aromatic rings. The summed E-state index contributed by atoms with van der Waals surface area (Å²) in [6, 6.07) is 0. The Kier molecular flexibility index (Phi) is 6.96. The highest BCUT2D eigenvalue weighted by Crippen LogP contribution is 2.19. The molecule has 0 spiro atoms. The van der Waals surface area contributed by atoms with Crippen molar-refractivity contribution in [1.82, 2.24) is 35.4 Å². The van der Waals surface area contributed by atoms with Crippen LogP contribution in [0.3, 0.4) is 0 Å². The average Bonchev–Trinajstić information content (AvgIpc) is 3.14. The predicted molar refractivity (Wildman–Crippen MR) is 103 cm³/mol. The van der Waals surface area contributed by atoms with Crippen LogP contribution in [0.1, 0.15) is 40.3 Å². The minimum atomic E-state index is -0.790. The molecule has 0 bridgehead atoms. The first-order valence-electron chi connectivity index (χ1n) is 8.98. The zero-order valence-electron chi connectivity index (χ0n) is 16.0. The Balaban J connectivity index is 0.00000261. The molecule has 0 unspecified atom stereocenters. The summed E-state index contributed by atoms with van der Waals surface area (Å²) in [5.41, 5.74) is 2.73. The summed E-state index contributed by atoms with van der Waals surface area (Å²) in [6.45, 7) is 6.42. The van der Waals surface area contributed by atoms with E-state index < -0.39 is 5.60 Å². The van der Waals surface area contributed by atoms with Gasteiger partial charge in [-0.3, -0.25) is 9.48 Å². The Bertz CT molecular complexity index is 780. The van der Waals surface area contributed by atoms with Gasteiger partial charge in [0.05, 0.1) is 24.0 Å². The molecule has 27 heavy (non-hydrogen) atoms. The van der Waals surface area contributed by atoms with Crippen molar-refractivity contribution in [2.24, 2.45) is 7.05 Å². The van der Waals surface area contributed by atoms with Gasteiger partial charge < -0.3 is 15.7 Å². The highest BCUT2D eigenvalue weighted by atomic mass is 35.5. The molecule has 1 amide bonds. The normalized spacial score (nSPS) is 16.0. The van der Waals surface area contributed by atoms with Crippen LogP contribution in [-0.2, 0) is 20.0 Å². The SMILES string of the molecule is Cc1nn(C)c(C)c1CCNC(=O)c1cn(CC2(O)CCNCC2)nn1.Cl. The summed E-state index contributed by atoms with van der Waals surface area (Å²) < 4.78 is 3.40. The maximum atomic E-state index is 12.3. The van der Waals surface area contributed by atoms with Crippen molar-refractivity contribution in [3.05, 3.63) is 28.8 Å². The smallest absolute Gasteiger partial charge is 0.273 e. The molecule has 1 aliphatic rings. The van der Waals surface area contributed by atoms with Gasteiger partial charge >= 0.3 is 0 Å². The van der Waals surface area contributed by atoms with Crippen molar-refractivity contribution < 1.29 is 9.90 Å². The molecule has 1 aliphatic heterocycles. The summed E-state index contributed by atoms with van der Waals surface area (Å²) in [5.74, 6) is -0.257. The summed E-state index contributed by atoms with van der Waals surface area (Å²) in [4.78, 5) is 12.3. The largest absolute Gasteiger partial charge is 0.388 e. The van der Waals surface area contributed by atoms with Gasteiger partial charge in [0.25, 0.3) is 5.91 Å². The van der Waals surface area contributed by atoms with E-state index in [1.807, 2.05) is 25.6 Å². The number of carbonyl (C=O) groups is 1. The molecule has 10 heteroatoms. The van der Waals surface area contributed by atoms with Gasteiger partial charge in [-0.25, -0.2) is 4.68 Å². The van der Waals surface area contributed by atoms with Crippen molar-refractivity contribution in [2.75, 3.05) is 19.6 Å². The summed E-state index contributed by atoms with van der Waals surface area (Å²) in [7, 11) is 1.92. The Morgan fingerprint density at radius 3 is 2.70 bits per heavy atom. The van der Waals surface area contributed by atoms with Gasteiger partial charge in [-0.1, -0.05) is 5.21 Å². The number of halogens is 1. The number of amides is 1. The lowest BCUT2D eigenvalue weighted by molar-refractivity contribution is -0.00866. The third-order valence-corrected chi connectivity index (χ3v) is 5.08. The molecule has 1 fully saturated rings. The Morgan fingerprint density at radius 1 is 1.37 bits per heavy atom. The number of nitrogens with one attached hydrogen (secondary N) is 2. The Hall–Kier alpha value is -1.97. The second kappa shape index (κ2) is 8.81. The van der Waals surface area contributed by atoms with Crippen LogP contribution in [0.2, 0.25) is 0 Å². The van der Waals surface area contributed by atoms with Crippen molar-refractivity contribution in [1.29, 1.82) is 0 Å². The van der Waals surface area contributed by atoms with Crippen LogP contribution in [0.5, 0.6) is 0 Å². The summed E-state index contributed by atoms with van der Waals surface area (Å²) in [6.07, 6.45) is 3.64. The Labute approximate surface area is 164 Å². The van der Waals surface area contributed by atoms with Crippen LogP contribution in [0.25, 0.3) is 0 Å². The molecule has 9 nitrogen and oxygen atoms in total. The number of aromatic nitrogens is 5. The number of aryl methyl sites for hydroxylation is 2. The molecule has 2 aromatic heterocycles. The Morgan fingerprint density at radius 2 is 2.07 bits per heavy atom. The number of hydrogen-bond acceptors (Lipinski definition) is 6. The van der Waals surface area contributed by atoms with Gasteiger partial charge in [-0.2, -0.15) is 5.10 Å². The third kappa shape index (κ3) is 5.06. The van der Waals surface area contributed by atoms with Gasteiger partial charge in [-0.15, -0.1) is 17.5 Å². The summed E-state index contributed by atoms with van der Waals surface area (Å²) >= 11 is 0. The van der Waals surface area contributed by atoms with E-state index in [4.69, 9.17) is 0 Å². The van der Waals surface area contributed by atoms with Crippen LogP contribution in [0.15, 0.2) is 6.20 Å². The molecule has 1 saturated heterocycles. The molecule has 0 radical (unpaired) electrons. The van der Waals surface area contributed by atoms with E-state index in [0.29, 0.717) is 25.9 Å². The lowest BCUT2D eigenvalue weighted by atomic mass is 9.92. The van der Waals surface area contributed by atoms with E-state index in [1.54, 1.807) is 10.9 Å². The number of piperidine rings is 1. The van der Waals surface area contributed by atoms with Gasteiger partial charge in [0.15, 0.2) is 5.69 Å². The van der Waals surface area contributed by atoms with Crippen molar-refractivity contribution >= 4 is 18.3 Å². The molecule has 0 atom stereocenters. The highest BCUT2D eigenvalue weighted by molar-refractivity contribution is 5.91. The topological polar surface area (TPSA) is 110 Å². The lowest BCUT2D eigenvalue weighted by Crippen LogP contribution is -2.44. The van der Waals surface area contributed by atoms with Crippen LogP contribution < -0.4 is 10.6 Å². The molecule has 3 heterocycles. The van der Waals surface area contributed by atoms with Crippen molar-refractivity contribution in [3.8, 4) is 0 Å². The van der Waals surface area contributed by atoms with Crippen molar-refractivity contribution in [2.45, 2.75) is 45.3 Å². The lowest BCUT2D eigenvalue weighted by Gasteiger charge is -2.32. The van der Waals surface area contributed by atoms with Crippen LogP contribution in [-0.4, -0.2) is 61.0 Å². The molecule has 0 aliphatic carbocycles. The zero-order chi connectivity index (χ0) is 18.7. The fourth-order valence-corrected chi connectivity index (χ4v) is 3.40. The monoisotopic (exact) mass is 397 g/mol. The number of hydrogen-bond donors (Lipinski definition) is 3. The first-order chi connectivity index (χ1) is 12.4. The second-order valence-corrected chi connectivity index (χ2v) is 7.05. The van der Waals surface area contributed by atoms with Gasteiger partial charge in [0, 0.05) is 19.3 Å². The quantitative estimate of drug-likeness (QED) is 0.639. The highest BCUT2D eigenvalue weighted by Gasteiger charge is 2.30. The molecular weight excluding hydrogens is 370 g/mol. The average molecular weight is 398 g/mol. The van der Waals surface area contributed by atoms with E-state index in [2.05, 4.69) is 26.0 Å². The van der Waals surface area contributed by atoms with Crippen LogP contribution in [0, 0.1) is 13.8 Å². The van der Waals surface area contributed by atoms with E-state index >= 15 is 0 Å². The van der Waals surface area contributed by atoms with Gasteiger partial charge in [0.2, 0.25) is 0 Å². The van der Waals surface area contributed by atoms with E-state index in [1.165, 1.54) is 0 Å². The van der Waals surface area contributed by atoms with E-state index in [-0.39, 0.29) is 24.0 Å². The van der Waals surface area contributed by atoms with Gasteiger partial charge in [0.1, 0.15) is 0 Å². The fraction of sp³-hybridized carbons (Fsp3) is 0.647. The maximum Gasteiger partial charge on any atom is 0.273 e. The van der Waals surface area contributed by atoms with Gasteiger partial charge in [-0.05, 0) is 51.8 Å².